The predicted octanol–water partition coefficient (Wildman–Crippen LogP) is 4.20. The van der Waals surface area contributed by atoms with Gasteiger partial charge in [0.1, 0.15) is 23.9 Å². The molecule has 3 aromatic rings. The molecule has 45 heavy (non-hydrogen) atoms. The normalized spacial score (nSPS) is 17.5. The number of ether oxygens (including phenoxy) is 3. The van der Waals surface area contributed by atoms with Crippen molar-refractivity contribution >= 4 is 11.8 Å². The lowest BCUT2D eigenvalue weighted by Crippen LogP contribution is -2.50. The van der Waals surface area contributed by atoms with Crippen LogP contribution in [0.5, 0.6) is 17.2 Å². The number of amides is 2. The van der Waals surface area contributed by atoms with E-state index in [-0.39, 0.29) is 23.7 Å². The molecule has 1 saturated heterocycles. The van der Waals surface area contributed by atoms with Crippen molar-refractivity contribution in [1.29, 1.82) is 0 Å². The molecule has 3 heterocycles. The fourth-order valence-electron chi connectivity index (χ4n) is 6.23. The maximum atomic E-state index is 13.4. The number of hydrogen-bond acceptors (Lipinski definition) is 9. The van der Waals surface area contributed by atoms with E-state index in [0.29, 0.717) is 54.9 Å². The van der Waals surface area contributed by atoms with Crippen molar-refractivity contribution in [1.82, 2.24) is 25.7 Å². The van der Waals surface area contributed by atoms with Crippen LogP contribution >= 0.6 is 0 Å². The van der Waals surface area contributed by atoms with E-state index >= 15 is 0 Å². The number of methoxy groups -OCH3 is 2. The molecule has 0 aliphatic carbocycles. The summed E-state index contributed by atoms with van der Waals surface area (Å²) < 4.78 is 22.1. The standard InChI is InChI=1S/C34H45N5O6/c1-42-26-11-12-27(29(24-26)43-2)32-37-31(45-38-32)14-13-30(40)35-18-22-39-20-16-34(17-21-39)15-7-3-4-8-25-9-5-6-10-28(25)44-23-19-36-33(34)41/h5-6,9-12,24H,3-4,7-8,13-23H2,1-2H3,(H,35,40)(H,36,41). The largest absolute Gasteiger partial charge is 0.497 e. The number of nitrogens with zero attached hydrogens (tertiary/aromatic N) is 3. The van der Waals surface area contributed by atoms with Crippen molar-refractivity contribution in [3.05, 3.63) is 53.9 Å². The zero-order chi connectivity index (χ0) is 31.5. The number of piperidine rings is 1. The number of hydrogen-bond donors (Lipinski definition) is 2. The molecule has 0 unspecified atom stereocenters. The maximum Gasteiger partial charge on any atom is 0.227 e. The third-order valence-electron chi connectivity index (χ3n) is 8.95. The van der Waals surface area contributed by atoms with Crippen molar-refractivity contribution < 1.29 is 28.3 Å². The number of aryl methyl sites for hydroxylation is 2. The molecule has 0 bridgehead atoms. The fraction of sp³-hybridized carbons (Fsp3) is 0.529. The first kappa shape index (κ1) is 32.3. The van der Waals surface area contributed by atoms with Gasteiger partial charge in [-0.2, -0.15) is 4.98 Å². The van der Waals surface area contributed by atoms with E-state index in [4.69, 9.17) is 18.7 Å². The lowest BCUT2D eigenvalue weighted by atomic mass is 9.73. The highest BCUT2D eigenvalue weighted by atomic mass is 16.5. The van der Waals surface area contributed by atoms with Crippen LogP contribution in [0.1, 0.15) is 56.4 Å². The molecule has 2 aliphatic rings. The van der Waals surface area contributed by atoms with Gasteiger partial charge in [-0.1, -0.05) is 36.2 Å². The molecule has 5 rings (SSSR count). The van der Waals surface area contributed by atoms with Gasteiger partial charge >= 0.3 is 0 Å². The highest BCUT2D eigenvalue weighted by Gasteiger charge is 2.40. The summed E-state index contributed by atoms with van der Waals surface area (Å²) in [6.45, 7) is 3.95. The minimum absolute atomic E-state index is 0.0655. The molecule has 0 saturated carbocycles. The van der Waals surface area contributed by atoms with Crippen LogP contribution in [-0.4, -0.2) is 80.4 Å². The Morgan fingerprint density at radius 1 is 1.07 bits per heavy atom. The monoisotopic (exact) mass is 619 g/mol. The number of likely N-dealkylation sites (tertiary alicyclic amines) is 1. The van der Waals surface area contributed by atoms with Gasteiger partial charge in [-0.3, -0.25) is 9.59 Å². The molecular weight excluding hydrogens is 574 g/mol. The van der Waals surface area contributed by atoms with Crippen molar-refractivity contribution in [2.75, 3.05) is 53.6 Å². The third-order valence-corrected chi connectivity index (χ3v) is 8.95. The van der Waals surface area contributed by atoms with Crippen LogP contribution in [0.2, 0.25) is 0 Å². The van der Waals surface area contributed by atoms with Gasteiger partial charge in [0.25, 0.3) is 0 Å². The first-order valence-electron chi connectivity index (χ1n) is 16.0. The van der Waals surface area contributed by atoms with E-state index in [0.717, 1.165) is 70.3 Å². The summed E-state index contributed by atoms with van der Waals surface area (Å²) in [6, 6.07) is 13.6. The summed E-state index contributed by atoms with van der Waals surface area (Å²) in [6.07, 6.45) is 7.39. The van der Waals surface area contributed by atoms with Crippen LogP contribution in [0, 0.1) is 5.41 Å². The van der Waals surface area contributed by atoms with E-state index in [1.807, 2.05) is 18.2 Å². The van der Waals surface area contributed by atoms with Crippen LogP contribution in [0.3, 0.4) is 0 Å². The molecule has 1 aromatic heterocycles. The van der Waals surface area contributed by atoms with Crippen molar-refractivity contribution in [3.8, 4) is 28.6 Å². The first-order valence-corrected chi connectivity index (χ1v) is 16.0. The summed E-state index contributed by atoms with van der Waals surface area (Å²) in [7, 11) is 3.16. The van der Waals surface area contributed by atoms with Gasteiger partial charge in [0.05, 0.1) is 31.7 Å². The predicted molar refractivity (Wildman–Crippen MR) is 169 cm³/mol. The van der Waals surface area contributed by atoms with Gasteiger partial charge in [-0.15, -0.1) is 0 Å². The highest BCUT2D eigenvalue weighted by molar-refractivity contribution is 5.82. The Balaban J connectivity index is 1.04. The van der Waals surface area contributed by atoms with Crippen molar-refractivity contribution in [3.63, 3.8) is 0 Å². The Morgan fingerprint density at radius 2 is 1.91 bits per heavy atom. The molecule has 2 amide bonds. The van der Waals surface area contributed by atoms with Crippen molar-refractivity contribution in [2.45, 2.75) is 57.8 Å². The topological polar surface area (TPSA) is 128 Å². The van der Waals surface area contributed by atoms with Crippen LogP contribution in [0.25, 0.3) is 11.4 Å². The number of benzene rings is 2. The zero-order valence-electron chi connectivity index (χ0n) is 26.4. The average molecular weight is 620 g/mol. The van der Waals surface area contributed by atoms with E-state index in [1.165, 1.54) is 5.56 Å². The number of aromatic nitrogens is 2. The van der Waals surface area contributed by atoms with Crippen LogP contribution in [-0.2, 0) is 22.4 Å². The van der Waals surface area contributed by atoms with E-state index in [1.54, 1.807) is 26.4 Å². The Morgan fingerprint density at radius 3 is 2.73 bits per heavy atom. The fourth-order valence-corrected chi connectivity index (χ4v) is 6.23. The van der Waals surface area contributed by atoms with Gasteiger partial charge < -0.3 is 34.3 Å². The number of nitrogens with one attached hydrogen (secondary N) is 2. The second kappa shape index (κ2) is 15.7. The Kier molecular flexibility index (Phi) is 11.3. The van der Waals surface area contributed by atoms with Gasteiger partial charge in [0.2, 0.25) is 23.5 Å². The molecule has 0 atom stereocenters. The molecule has 2 N–H and O–H groups in total. The summed E-state index contributed by atoms with van der Waals surface area (Å²) in [5, 5.41) is 10.2. The summed E-state index contributed by atoms with van der Waals surface area (Å²) in [5.41, 5.74) is 1.59. The van der Waals surface area contributed by atoms with E-state index in [9.17, 15) is 9.59 Å². The summed E-state index contributed by atoms with van der Waals surface area (Å²) in [4.78, 5) is 32.7. The molecule has 0 radical (unpaired) electrons. The lowest BCUT2D eigenvalue weighted by molar-refractivity contribution is -0.134. The summed E-state index contributed by atoms with van der Waals surface area (Å²) in [5.74, 6) is 3.05. The van der Waals surface area contributed by atoms with E-state index < -0.39 is 0 Å². The number of para-hydroxylation sites is 1. The molecule has 2 aliphatic heterocycles. The lowest BCUT2D eigenvalue weighted by Gasteiger charge is -2.41. The average Bonchev–Trinajstić information content (AvgIpc) is 3.55. The molecule has 11 heteroatoms. The van der Waals surface area contributed by atoms with E-state index in [2.05, 4.69) is 37.8 Å². The number of rotatable bonds is 9. The number of carbonyl (C=O) groups excluding carboxylic acids is 2. The Labute approximate surface area is 265 Å². The van der Waals surface area contributed by atoms with Crippen LogP contribution in [0.4, 0.5) is 0 Å². The molecule has 242 valence electrons. The van der Waals surface area contributed by atoms with Gasteiger partial charge in [0.15, 0.2) is 0 Å². The van der Waals surface area contributed by atoms with Crippen molar-refractivity contribution in [2.24, 2.45) is 5.41 Å². The minimum Gasteiger partial charge on any atom is -0.497 e. The number of fused-ring (bicyclic) bond motifs is 1. The molecule has 1 spiro atoms. The second-order valence-electron chi connectivity index (χ2n) is 11.8. The first-order chi connectivity index (χ1) is 22.0. The molecule has 2 aromatic carbocycles. The second-order valence-corrected chi connectivity index (χ2v) is 11.8. The maximum absolute atomic E-state index is 13.4. The zero-order valence-corrected chi connectivity index (χ0v) is 26.4. The van der Waals surface area contributed by atoms with Crippen LogP contribution < -0.4 is 24.8 Å². The van der Waals surface area contributed by atoms with Gasteiger partial charge in [0, 0.05) is 32.0 Å². The Hall–Kier alpha value is -4.12. The quantitative estimate of drug-likeness (QED) is 0.362. The van der Waals surface area contributed by atoms with Gasteiger partial charge in [-0.25, -0.2) is 0 Å². The molecular formula is C34H45N5O6. The summed E-state index contributed by atoms with van der Waals surface area (Å²) >= 11 is 0. The Bertz CT molecular complexity index is 1420. The highest BCUT2D eigenvalue weighted by Crippen LogP contribution is 2.37. The SMILES string of the molecule is COc1ccc(-c2noc(CCC(=O)NCCN3CCC4(CCCCCc5ccccc5OCCNC4=O)CC3)n2)c(OC)c1. The smallest absolute Gasteiger partial charge is 0.227 e. The minimum atomic E-state index is -0.334. The van der Waals surface area contributed by atoms with Gasteiger partial charge in [-0.05, 0) is 69.0 Å². The van der Waals surface area contributed by atoms with Crippen LogP contribution in [0.15, 0.2) is 47.0 Å². The molecule has 1 fully saturated rings. The third kappa shape index (κ3) is 8.54. The number of carbonyl (C=O) groups is 2. The molecule has 11 nitrogen and oxygen atoms in total.